The van der Waals surface area contributed by atoms with Crippen LogP contribution in [0.4, 0.5) is 0 Å². The SMILES string of the molecule is [SiH3]OOOCCCS. The summed E-state index contributed by atoms with van der Waals surface area (Å²) >= 11 is 3.96. The summed E-state index contributed by atoms with van der Waals surface area (Å²) in [6.45, 7) is 0.547. The van der Waals surface area contributed by atoms with Crippen LogP contribution in [0.25, 0.3) is 0 Å². The van der Waals surface area contributed by atoms with Gasteiger partial charge in [0.25, 0.3) is 0 Å². The van der Waals surface area contributed by atoms with Crippen LogP contribution in [0.15, 0.2) is 0 Å². The lowest BCUT2D eigenvalue weighted by Gasteiger charge is -1.96. The quantitative estimate of drug-likeness (QED) is 0.190. The highest BCUT2D eigenvalue weighted by Crippen LogP contribution is 1.85. The zero-order chi connectivity index (χ0) is 6.24. The summed E-state index contributed by atoms with van der Waals surface area (Å²) in [6.07, 6.45) is 0.883. The van der Waals surface area contributed by atoms with Crippen molar-refractivity contribution in [1.82, 2.24) is 0 Å². The summed E-state index contributed by atoms with van der Waals surface area (Å²) in [6, 6.07) is 0. The van der Waals surface area contributed by atoms with E-state index >= 15 is 0 Å². The van der Waals surface area contributed by atoms with Gasteiger partial charge in [-0.05, 0) is 12.2 Å². The number of hydrogen-bond acceptors (Lipinski definition) is 4. The van der Waals surface area contributed by atoms with Crippen molar-refractivity contribution < 1.29 is 14.5 Å². The van der Waals surface area contributed by atoms with E-state index in [0.717, 1.165) is 12.2 Å². The lowest BCUT2D eigenvalue weighted by Crippen LogP contribution is -1.96. The Labute approximate surface area is 57.1 Å². The van der Waals surface area contributed by atoms with Crippen molar-refractivity contribution in [1.29, 1.82) is 0 Å². The molecule has 0 spiro atoms. The van der Waals surface area contributed by atoms with Crippen molar-refractivity contribution in [3.8, 4) is 0 Å². The maximum atomic E-state index is 4.49. The molecule has 0 saturated carbocycles. The highest BCUT2D eigenvalue weighted by atomic mass is 32.1. The molecule has 0 aromatic heterocycles. The maximum Gasteiger partial charge on any atom is 0.197 e. The average Bonchev–Trinajstić information content (AvgIpc) is 1.81. The van der Waals surface area contributed by atoms with Crippen LogP contribution in [0.1, 0.15) is 6.42 Å². The first-order chi connectivity index (χ1) is 3.91. The van der Waals surface area contributed by atoms with E-state index in [1.165, 1.54) is 0 Å². The second-order valence-corrected chi connectivity index (χ2v) is 1.91. The van der Waals surface area contributed by atoms with Crippen molar-refractivity contribution in [2.45, 2.75) is 6.42 Å². The molecule has 0 amide bonds. The average molecular weight is 154 g/mol. The molecule has 0 heterocycles. The second-order valence-electron chi connectivity index (χ2n) is 1.13. The zero-order valence-corrected chi connectivity index (χ0v) is 7.69. The molecule has 0 aliphatic heterocycles. The van der Waals surface area contributed by atoms with Gasteiger partial charge in [0.2, 0.25) is 0 Å². The third kappa shape index (κ3) is 6.45. The Hall–Kier alpha value is 0.447. The molecule has 0 aliphatic rings. The predicted octanol–water partition coefficient (Wildman–Crippen LogP) is -0.534. The first kappa shape index (κ1) is 8.45. The van der Waals surface area contributed by atoms with Gasteiger partial charge < -0.3 is 0 Å². The molecule has 0 aliphatic carbocycles. The molecule has 3 nitrogen and oxygen atoms in total. The smallest absolute Gasteiger partial charge is 0.197 e. The lowest BCUT2D eigenvalue weighted by molar-refractivity contribution is -0.466. The molecule has 5 heteroatoms. The molecule has 0 fully saturated rings. The van der Waals surface area contributed by atoms with Crippen LogP contribution in [0, 0.1) is 0 Å². The van der Waals surface area contributed by atoms with E-state index in [1.54, 1.807) is 0 Å². The third-order valence-electron chi connectivity index (χ3n) is 0.502. The molecular weight excluding hydrogens is 144 g/mol. The van der Waals surface area contributed by atoms with Gasteiger partial charge in [-0.2, -0.15) is 12.6 Å². The van der Waals surface area contributed by atoms with Gasteiger partial charge in [0.15, 0.2) is 10.5 Å². The van der Waals surface area contributed by atoms with Crippen LogP contribution in [0.3, 0.4) is 0 Å². The number of rotatable bonds is 5. The van der Waals surface area contributed by atoms with Crippen LogP contribution in [0.2, 0.25) is 0 Å². The first-order valence-corrected chi connectivity index (χ1v) is 3.80. The highest BCUT2D eigenvalue weighted by molar-refractivity contribution is 7.80. The van der Waals surface area contributed by atoms with Gasteiger partial charge in [-0.15, -0.1) is 0 Å². The summed E-state index contributed by atoms with van der Waals surface area (Å²) in [4.78, 5) is 4.49. The molecule has 0 rings (SSSR count). The Balaban J connectivity index is 2.53. The molecule has 0 N–H and O–H groups in total. The normalized spacial score (nSPS) is 10.1. The summed E-state index contributed by atoms with van der Waals surface area (Å²) in [5.41, 5.74) is 0. The summed E-state index contributed by atoms with van der Waals surface area (Å²) in [5, 5.41) is 4.16. The Kier molecular flexibility index (Phi) is 7.86. The molecule has 0 unspecified atom stereocenters. The molecule has 8 heavy (non-hydrogen) atoms. The minimum Gasteiger partial charge on any atom is -0.269 e. The van der Waals surface area contributed by atoms with E-state index in [-0.39, 0.29) is 0 Å². The van der Waals surface area contributed by atoms with Gasteiger partial charge in [0.1, 0.15) is 0 Å². The van der Waals surface area contributed by atoms with Crippen LogP contribution in [-0.2, 0) is 14.5 Å². The van der Waals surface area contributed by atoms with Crippen molar-refractivity contribution in [2.75, 3.05) is 12.4 Å². The van der Waals surface area contributed by atoms with Crippen LogP contribution in [-0.4, -0.2) is 22.8 Å². The zero-order valence-electron chi connectivity index (χ0n) is 4.79. The Morgan fingerprint density at radius 2 is 2.25 bits per heavy atom. The molecule has 0 aromatic carbocycles. The van der Waals surface area contributed by atoms with Crippen LogP contribution >= 0.6 is 12.6 Å². The van der Waals surface area contributed by atoms with Gasteiger partial charge in [-0.3, -0.25) is 4.58 Å². The van der Waals surface area contributed by atoms with E-state index in [9.17, 15) is 0 Å². The van der Waals surface area contributed by atoms with Gasteiger partial charge >= 0.3 is 0 Å². The van der Waals surface area contributed by atoms with Crippen molar-refractivity contribution in [3.05, 3.63) is 0 Å². The van der Waals surface area contributed by atoms with Gasteiger partial charge in [-0.25, -0.2) is 4.89 Å². The molecule has 0 radical (unpaired) electrons. The minimum absolute atomic E-state index is 0.541. The lowest BCUT2D eigenvalue weighted by atomic mass is 10.5. The number of thiol groups is 1. The Morgan fingerprint density at radius 3 is 2.75 bits per heavy atom. The molecular formula is C3H10O3SSi. The fourth-order valence-electron chi connectivity index (χ4n) is 0.206. The number of hydrogen-bond donors (Lipinski definition) is 1. The third-order valence-corrected chi connectivity index (χ3v) is 0.954. The maximum absolute atomic E-state index is 4.49. The van der Waals surface area contributed by atoms with E-state index in [4.69, 9.17) is 0 Å². The topological polar surface area (TPSA) is 27.7 Å². The van der Waals surface area contributed by atoms with E-state index in [2.05, 4.69) is 27.1 Å². The van der Waals surface area contributed by atoms with Crippen molar-refractivity contribution in [2.24, 2.45) is 0 Å². The summed E-state index contributed by atoms with van der Waals surface area (Å²) in [7, 11) is 0.541. The van der Waals surface area contributed by atoms with E-state index in [1.807, 2.05) is 0 Å². The van der Waals surface area contributed by atoms with Crippen molar-refractivity contribution >= 4 is 23.1 Å². The Bertz CT molecular complexity index is 39.5. The molecule has 0 atom stereocenters. The summed E-state index contributed by atoms with van der Waals surface area (Å²) < 4.78 is 4.28. The molecule has 0 aromatic rings. The van der Waals surface area contributed by atoms with Gasteiger partial charge in [-0.1, -0.05) is 5.04 Å². The van der Waals surface area contributed by atoms with E-state index < -0.39 is 0 Å². The monoisotopic (exact) mass is 154 g/mol. The predicted molar refractivity (Wildman–Crippen MR) is 36.5 cm³/mol. The molecule has 0 saturated heterocycles. The first-order valence-electron chi connectivity index (χ1n) is 2.35. The second kappa shape index (κ2) is 7.45. The highest BCUT2D eigenvalue weighted by Gasteiger charge is 1.83. The minimum atomic E-state index is 0.541. The largest absolute Gasteiger partial charge is 0.269 e. The Morgan fingerprint density at radius 1 is 1.50 bits per heavy atom. The van der Waals surface area contributed by atoms with E-state index in [0.29, 0.717) is 17.1 Å². The fraction of sp³-hybridized carbons (Fsp3) is 1.00. The van der Waals surface area contributed by atoms with Crippen molar-refractivity contribution in [3.63, 3.8) is 0 Å². The van der Waals surface area contributed by atoms with Gasteiger partial charge in [0.05, 0.1) is 6.61 Å². The molecule has 0 bridgehead atoms. The molecule has 50 valence electrons. The van der Waals surface area contributed by atoms with Crippen LogP contribution in [0.5, 0.6) is 0 Å². The summed E-state index contributed by atoms with van der Waals surface area (Å²) in [5.74, 6) is 0.810. The standard InChI is InChI=1S/C3H10O3SSi/c7-3-1-2-4-5-6-8/h7H,1-3H2,8H3. The van der Waals surface area contributed by atoms with Gasteiger partial charge in [0, 0.05) is 0 Å². The van der Waals surface area contributed by atoms with Crippen LogP contribution < -0.4 is 0 Å². The fourth-order valence-corrected chi connectivity index (χ4v) is 0.431.